The van der Waals surface area contributed by atoms with Crippen LogP contribution in [0.1, 0.15) is 26.7 Å². The van der Waals surface area contributed by atoms with Gasteiger partial charge in [0.05, 0.1) is 6.20 Å². The number of carbonyl (C=O) groups excluding carboxylic acids is 1. The molecule has 0 aromatic carbocycles. The monoisotopic (exact) mass is 294 g/mol. The normalized spacial score (nSPS) is 15.6. The number of nitrogens with zero attached hydrogens (tertiary/aromatic N) is 3. The Bertz CT molecular complexity index is 551. The quantitative estimate of drug-likeness (QED) is 0.763. The number of hydrogen-bond acceptors (Lipinski definition) is 5. The Morgan fingerprint density at radius 2 is 2.33 bits per heavy atom. The van der Waals surface area contributed by atoms with Gasteiger partial charge in [0, 0.05) is 24.7 Å². The van der Waals surface area contributed by atoms with E-state index in [9.17, 15) is 9.59 Å². The van der Waals surface area contributed by atoms with Crippen LogP contribution in [0.15, 0.2) is 17.1 Å². The van der Waals surface area contributed by atoms with E-state index in [1.165, 1.54) is 12.3 Å². The number of rotatable bonds is 7. The van der Waals surface area contributed by atoms with Crippen molar-refractivity contribution < 1.29 is 9.53 Å². The molecule has 0 spiro atoms. The van der Waals surface area contributed by atoms with Gasteiger partial charge in [0.2, 0.25) is 5.91 Å². The van der Waals surface area contributed by atoms with E-state index in [0.29, 0.717) is 24.9 Å². The van der Waals surface area contributed by atoms with Crippen molar-refractivity contribution in [1.82, 2.24) is 14.7 Å². The van der Waals surface area contributed by atoms with Crippen LogP contribution < -0.4 is 16.0 Å². The molecule has 1 amide bonds. The van der Waals surface area contributed by atoms with E-state index < -0.39 is 0 Å². The molecule has 0 aliphatic heterocycles. The number of nitrogens with two attached hydrogens (primary N) is 1. The van der Waals surface area contributed by atoms with Crippen LogP contribution in [0.25, 0.3) is 0 Å². The van der Waals surface area contributed by atoms with Gasteiger partial charge in [0.15, 0.2) is 0 Å². The summed E-state index contributed by atoms with van der Waals surface area (Å²) >= 11 is 0. The maximum Gasteiger partial charge on any atom is 0.270 e. The Morgan fingerprint density at radius 3 is 2.86 bits per heavy atom. The molecule has 0 bridgehead atoms. The summed E-state index contributed by atoms with van der Waals surface area (Å²) < 4.78 is 6.49. The second-order valence-electron chi connectivity index (χ2n) is 5.39. The van der Waals surface area contributed by atoms with Gasteiger partial charge in [-0.3, -0.25) is 9.59 Å². The first-order valence-corrected chi connectivity index (χ1v) is 7.26. The molecule has 0 saturated heterocycles. The highest BCUT2D eigenvalue weighted by Crippen LogP contribution is 2.26. The van der Waals surface area contributed by atoms with Gasteiger partial charge < -0.3 is 15.4 Å². The number of aromatic nitrogens is 2. The summed E-state index contributed by atoms with van der Waals surface area (Å²) in [5, 5.41) is 3.98. The average Bonchev–Trinajstić information content (AvgIpc) is 3.24. The molecular formula is C14H22N4O3. The van der Waals surface area contributed by atoms with E-state index in [1.54, 1.807) is 4.90 Å². The minimum absolute atomic E-state index is 0.0310. The molecule has 7 nitrogen and oxygen atoms in total. The first kappa shape index (κ1) is 15.5. The van der Waals surface area contributed by atoms with Gasteiger partial charge >= 0.3 is 0 Å². The lowest BCUT2D eigenvalue weighted by Crippen LogP contribution is -2.38. The summed E-state index contributed by atoms with van der Waals surface area (Å²) in [4.78, 5) is 25.9. The largest absolute Gasteiger partial charge is 0.490 e. The summed E-state index contributed by atoms with van der Waals surface area (Å²) in [5.41, 5.74) is 5.23. The Balaban J connectivity index is 2.00. The third-order valence-corrected chi connectivity index (χ3v) is 3.29. The molecule has 1 saturated carbocycles. The van der Waals surface area contributed by atoms with Gasteiger partial charge in [-0.15, -0.1) is 0 Å². The van der Waals surface area contributed by atoms with Gasteiger partial charge in [-0.1, -0.05) is 0 Å². The van der Waals surface area contributed by atoms with Gasteiger partial charge in [-0.2, -0.15) is 5.10 Å². The summed E-state index contributed by atoms with van der Waals surface area (Å²) in [6.45, 7) is 4.70. The van der Waals surface area contributed by atoms with Crippen LogP contribution in [0.5, 0.6) is 5.75 Å². The molecule has 1 heterocycles. The number of ether oxygens (including phenoxy) is 1. The maximum atomic E-state index is 12.2. The Morgan fingerprint density at radius 1 is 1.62 bits per heavy atom. The third-order valence-electron chi connectivity index (χ3n) is 3.29. The fourth-order valence-electron chi connectivity index (χ4n) is 2.09. The Hall–Kier alpha value is -1.89. The molecule has 1 unspecified atom stereocenters. The zero-order valence-corrected chi connectivity index (χ0v) is 12.5. The van der Waals surface area contributed by atoms with Crippen LogP contribution in [0.2, 0.25) is 0 Å². The first-order valence-electron chi connectivity index (χ1n) is 7.26. The number of carbonyl (C=O) groups is 1. The van der Waals surface area contributed by atoms with Crippen molar-refractivity contribution in [3.8, 4) is 5.75 Å². The lowest BCUT2D eigenvalue weighted by Gasteiger charge is -2.20. The molecule has 1 aromatic rings. The molecule has 7 heteroatoms. The van der Waals surface area contributed by atoms with Crippen LogP contribution >= 0.6 is 0 Å². The molecule has 1 aliphatic carbocycles. The number of likely N-dealkylation sites (N-methyl/N-ethyl adjacent to an activating group) is 1. The zero-order chi connectivity index (χ0) is 15.4. The van der Waals surface area contributed by atoms with Crippen molar-refractivity contribution in [1.29, 1.82) is 0 Å². The predicted octanol–water partition coefficient (Wildman–Crippen LogP) is -0.0198. The van der Waals surface area contributed by atoms with Gasteiger partial charge in [0.1, 0.15) is 18.9 Å². The van der Waals surface area contributed by atoms with Gasteiger partial charge in [-0.25, -0.2) is 4.68 Å². The SMILES string of the molecule is CCN(C(=O)Cn1ncc(OCC(C)N)cc1=O)C1CC1. The average molecular weight is 294 g/mol. The first-order chi connectivity index (χ1) is 10.0. The van der Waals surface area contributed by atoms with E-state index in [1.807, 2.05) is 13.8 Å². The van der Waals surface area contributed by atoms with Crippen molar-refractivity contribution >= 4 is 5.91 Å². The Kier molecular flexibility index (Phi) is 4.95. The fourth-order valence-corrected chi connectivity index (χ4v) is 2.09. The molecule has 0 radical (unpaired) electrons. The summed E-state index contributed by atoms with van der Waals surface area (Å²) in [6, 6.07) is 1.55. The van der Waals surface area contributed by atoms with E-state index in [4.69, 9.17) is 10.5 Å². The molecule has 1 atom stereocenters. The highest BCUT2D eigenvalue weighted by Gasteiger charge is 2.31. The zero-order valence-electron chi connectivity index (χ0n) is 12.5. The van der Waals surface area contributed by atoms with Crippen molar-refractivity contribution in [3.63, 3.8) is 0 Å². The van der Waals surface area contributed by atoms with Gasteiger partial charge in [0.25, 0.3) is 5.56 Å². The van der Waals surface area contributed by atoms with E-state index in [-0.39, 0.29) is 24.1 Å². The Labute approximate surface area is 123 Å². The third kappa shape index (κ3) is 4.29. The van der Waals surface area contributed by atoms with Crippen molar-refractivity contribution in [2.75, 3.05) is 13.2 Å². The van der Waals surface area contributed by atoms with Crippen LogP contribution in [0, 0.1) is 0 Å². The number of hydrogen-bond donors (Lipinski definition) is 1. The summed E-state index contributed by atoms with van der Waals surface area (Å²) in [6.07, 6.45) is 3.53. The van der Waals surface area contributed by atoms with E-state index in [0.717, 1.165) is 17.5 Å². The van der Waals surface area contributed by atoms with Crippen LogP contribution in [0.3, 0.4) is 0 Å². The van der Waals surface area contributed by atoms with Crippen LogP contribution in [-0.4, -0.2) is 45.8 Å². The fraction of sp³-hybridized carbons (Fsp3) is 0.643. The lowest BCUT2D eigenvalue weighted by molar-refractivity contribution is -0.132. The predicted molar refractivity (Wildman–Crippen MR) is 78.1 cm³/mol. The second kappa shape index (κ2) is 6.71. The maximum absolute atomic E-state index is 12.2. The molecule has 1 aromatic heterocycles. The minimum atomic E-state index is -0.350. The molecule has 2 rings (SSSR count). The molecule has 2 N–H and O–H groups in total. The van der Waals surface area contributed by atoms with E-state index in [2.05, 4.69) is 5.10 Å². The summed E-state index contributed by atoms with van der Waals surface area (Å²) in [5.74, 6) is 0.300. The van der Waals surface area contributed by atoms with Crippen molar-refractivity contribution in [2.24, 2.45) is 5.73 Å². The van der Waals surface area contributed by atoms with E-state index >= 15 is 0 Å². The highest BCUT2D eigenvalue weighted by molar-refractivity contribution is 5.76. The van der Waals surface area contributed by atoms with Crippen molar-refractivity contribution in [2.45, 2.75) is 45.3 Å². The standard InChI is InChI=1S/C14H22N4O3/c1-3-17(11-4-5-11)14(20)8-18-13(19)6-12(7-16-18)21-9-10(2)15/h6-7,10-11H,3-5,8-9,15H2,1-2H3. The minimum Gasteiger partial charge on any atom is -0.490 e. The smallest absolute Gasteiger partial charge is 0.270 e. The van der Waals surface area contributed by atoms with Crippen molar-refractivity contribution in [3.05, 3.63) is 22.6 Å². The van der Waals surface area contributed by atoms with Crippen LogP contribution in [0.4, 0.5) is 0 Å². The molecular weight excluding hydrogens is 272 g/mol. The van der Waals surface area contributed by atoms with Crippen LogP contribution in [-0.2, 0) is 11.3 Å². The topological polar surface area (TPSA) is 90.4 Å². The summed E-state index contributed by atoms with van der Waals surface area (Å²) in [7, 11) is 0. The molecule has 21 heavy (non-hydrogen) atoms. The van der Waals surface area contributed by atoms with Gasteiger partial charge in [-0.05, 0) is 26.7 Å². The highest BCUT2D eigenvalue weighted by atomic mass is 16.5. The second-order valence-corrected chi connectivity index (χ2v) is 5.39. The molecule has 1 fully saturated rings. The molecule has 116 valence electrons. The lowest BCUT2D eigenvalue weighted by atomic mass is 10.4. The molecule has 1 aliphatic rings. The number of amides is 1.